The van der Waals surface area contributed by atoms with Gasteiger partial charge in [0.25, 0.3) is 0 Å². The van der Waals surface area contributed by atoms with Crippen LogP contribution in [0.15, 0.2) is 29.3 Å². The van der Waals surface area contributed by atoms with E-state index in [4.69, 9.17) is 11.2 Å². The van der Waals surface area contributed by atoms with Gasteiger partial charge in [0.1, 0.15) is 5.75 Å². The van der Waals surface area contributed by atoms with Crippen molar-refractivity contribution in [2.45, 2.75) is 27.2 Å². The van der Waals surface area contributed by atoms with Crippen molar-refractivity contribution in [1.29, 1.82) is 0 Å². The van der Waals surface area contributed by atoms with Gasteiger partial charge < -0.3 is 15.4 Å². The number of terminal acetylenes is 1. The Morgan fingerprint density at radius 1 is 1.26 bits per heavy atom. The van der Waals surface area contributed by atoms with Crippen molar-refractivity contribution < 1.29 is 4.74 Å². The quantitative estimate of drug-likeness (QED) is 0.289. The fourth-order valence-corrected chi connectivity index (χ4v) is 1.79. The van der Waals surface area contributed by atoms with E-state index in [-0.39, 0.29) is 24.0 Å². The lowest BCUT2D eigenvalue weighted by molar-refractivity contribution is 0.271. The van der Waals surface area contributed by atoms with Crippen molar-refractivity contribution in [3.8, 4) is 18.1 Å². The van der Waals surface area contributed by atoms with Gasteiger partial charge in [-0.15, -0.1) is 30.4 Å². The van der Waals surface area contributed by atoms with E-state index in [1.165, 1.54) is 5.56 Å². The maximum absolute atomic E-state index is 5.68. The van der Waals surface area contributed by atoms with Crippen molar-refractivity contribution in [2.75, 3.05) is 26.2 Å². The van der Waals surface area contributed by atoms with E-state index in [0.717, 1.165) is 31.3 Å². The minimum atomic E-state index is 0. The van der Waals surface area contributed by atoms with Crippen LogP contribution in [0, 0.1) is 18.3 Å². The Morgan fingerprint density at radius 3 is 2.52 bits per heavy atom. The molecule has 0 bridgehead atoms. The van der Waals surface area contributed by atoms with Crippen LogP contribution in [-0.4, -0.2) is 32.2 Å². The average Bonchev–Trinajstić information content (AvgIpc) is 2.51. The number of benzene rings is 1. The molecule has 0 radical (unpaired) electrons. The zero-order valence-corrected chi connectivity index (χ0v) is 16.6. The van der Waals surface area contributed by atoms with Crippen LogP contribution < -0.4 is 15.4 Å². The Bertz CT molecular complexity index is 492. The van der Waals surface area contributed by atoms with Gasteiger partial charge in [0.2, 0.25) is 0 Å². The molecule has 1 aromatic rings. The highest BCUT2D eigenvalue weighted by atomic mass is 127. The molecule has 1 rings (SSSR count). The summed E-state index contributed by atoms with van der Waals surface area (Å²) in [6.45, 7) is 9.07. The summed E-state index contributed by atoms with van der Waals surface area (Å²) < 4.78 is 5.68. The van der Waals surface area contributed by atoms with E-state index in [0.29, 0.717) is 19.0 Å². The van der Waals surface area contributed by atoms with E-state index < -0.39 is 0 Å². The van der Waals surface area contributed by atoms with E-state index in [2.05, 4.69) is 47.5 Å². The molecule has 0 aliphatic heterocycles. The van der Waals surface area contributed by atoms with Crippen molar-refractivity contribution in [2.24, 2.45) is 10.9 Å². The lowest BCUT2D eigenvalue weighted by Gasteiger charge is -2.10. The first-order chi connectivity index (χ1) is 10.7. The van der Waals surface area contributed by atoms with Gasteiger partial charge in [0.05, 0.1) is 13.2 Å². The second-order valence-corrected chi connectivity index (χ2v) is 5.42. The van der Waals surface area contributed by atoms with Gasteiger partial charge in [0.15, 0.2) is 5.96 Å². The molecule has 23 heavy (non-hydrogen) atoms. The second kappa shape index (κ2) is 13.1. The number of guanidine groups is 1. The molecule has 0 saturated carbocycles. The summed E-state index contributed by atoms with van der Waals surface area (Å²) in [5.74, 6) is 4.76. The Morgan fingerprint density at radius 2 is 1.96 bits per heavy atom. The molecule has 0 aromatic heterocycles. The highest BCUT2D eigenvalue weighted by Gasteiger charge is 1.99. The Hall–Kier alpha value is -1.42. The molecule has 0 unspecified atom stereocenters. The SMILES string of the molecule is C#CCNC(=NCCc1ccc(OCC(C)C)cc1)NCC.I. The molecule has 1 aromatic carbocycles. The topological polar surface area (TPSA) is 45.7 Å². The van der Waals surface area contributed by atoms with Crippen LogP contribution >= 0.6 is 24.0 Å². The molecular formula is C18H28IN3O. The molecule has 0 heterocycles. The number of rotatable bonds is 8. The molecule has 0 saturated heterocycles. The first kappa shape index (κ1) is 21.6. The maximum atomic E-state index is 5.68. The van der Waals surface area contributed by atoms with E-state index in [1.807, 2.05) is 19.1 Å². The van der Waals surface area contributed by atoms with Crippen LogP contribution in [0.25, 0.3) is 0 Å². The molecule has 0 spiro atoms. The van der Waals surface area contributed by atoms with Gasteiger partial charge in [0, 0.05) is 13.1 Å². The van der Waals surface area contributed by atoms with Gasteiger partial charge in [-0.3, -0.25) is 4.99 Å². The van der Waals surface area contributed by atoms with Gasteiger partial charge in [-0.25, -0.2) is 0 Å². The third-order valence-corrected chi connectivity index (χ3v) is 2.88. The fraction of sp³-hybridized carbons (Fsp3) is 0.500. The summed E-state index contributed by atoms with van der Waals surface area (Å²) in [4.78, 5) is 4.50. The summed E-state index contributed by atoms with van der Waals surface area (Å²) in [5, 5.41) is 6.24. The largest absolute Gasteiger partial charge is 0.493 e. The zero-order valence-electron chi connectivity index (χ0n) is 14.3. The lowest BCUT2D eigenvalue weighted by atomic mass is 10.1. The van der Waals surface area contributed by atoms with E-state index >= 15 is 0 Å². The van der Waals surface area contributed by atoms with Crippen molar-refractivity contribution in [3.63, 3.8) is 0 Å². The number of hydrogen-bond donors (Lipinski definition) is 2. The van der Waals surface area contributed by atoms with Crippen LogP contribution in [0.4, 0.5) is 0 Å². The third-order valence-electron chi connectivity index (χ3n) is 2.88. The fourth-order valence-electron chi connectivity index (χ4n) is 1.79. The van der Waals surface area contributed by atoms with Crippen LogP contribution in [0.2, 0.25) is 0 Å². The predicted molar refractivity (Wildman–Crippen MR) is 109 cm³/mol. The van der Waals surface area contributed by atoms with Crippen molar-refractivity contribution in [3.05, 3.63) is 29.8 Å². The number of nitrogens with one attached hydrogen (secondary N) is 2. The Kier molecular flexibility index (Phi) is 12.3. The number of nitrogens with zero attached hydrogens (tertiary/aromatic N) is 1. The highest BCUT2D eigenvalue weighted by Crippen LogP contribution is 2.13. The summed E-state index contributed by atoms with van der Waals surface area (Å²) in [6, 6.07) is 8.21. The summed E-state index contributed by atoms with van der Waals surface area (Å²) in [6.07, 6.45) is 6.13. The lowest BCUT2D eigenvalue weighted by Crippen LogP contribution is -2.37. The number of ether oxygens (including phenoxy) is 1. The maximum Gasteiger partial charge on any atom is 0.192 e. The molecule has 0 aliphatic rings. The Labute approximate surface area is 157 Å². The molecule has 4 nitrogen and oxygen atoms in total. The zero-order chi connectivity index (χ0) is 16.2. The number of halogens is 1. The molecular weight excluding hydrogens is 401 g/mol. The standard InChI is InChI=1S/C18H27N3O.HI/c1-5-12-20-18(19-6-2)21-13-11-16-7-9-17(10-8-16)22-14-15(3)4;/h1,7-10,15H,6,11-14H2,2-4H3,(H2,19,20,21);1H. The summed E-state index contributed by atoms with van der Waals surface area (Å²) in [7, 11) is 0. The average molecular weight is 429 g/mol. The first-order valence-electron chi connectivity index (χ1n) is 7.83. The highest BCUT2D eigenvalue weighted by molar-refractivity contribution is 14.0. The molecule has 0 atom stereocenters. The van der Waals surface area contributed by atoms with Crippen molar-refractivity contribution >= 4 is 29.9 Å². The Balaban J connectivity index is 0.00000484. The van der Waals surface area contributed by atoms with Crippen LogP contribution in [-0.2, 0) is 6.42 Å². The molecule has 5 heteroatoms. The third kappa shape index (κ3) is 10.1. The minimum Gasteiger partial charge on any atom is -0.493 e. The van der Waals surface area contributed by atoms with Crippen LogP contribution in [0.5, 0.6) is 5.75 Å². The van der Waals surface area contributed by atoms with Crippen molar-refractivity contribution in [1.82, 2.24) is 10.6 Å². The van der Waals surface area contributed by atoms with Gasteiger partial charge in [-0.2, -0.15) is 0 Å². The van der Waals surface area contributed by atoms with Gasteiger partial charge in [-0.1, -0.05) is 31.9 Å². The monoisotopic (exact) mass is 429 g/mol. The molecule has 0 fully saturated rings. The molecule has 0 aliphatic carbocycles. The molecule has 128 valence electrons. The first-order valence-corrected chi connectivity index (χ1v) is 7.83. The van der Waals surface area contributed by atoms with E-state index in [9.17, 15) is 0 Å². The normalized spacial score (nSPS) is 10.7. The summed E-state index contributed by atoms with van der Waals surface area (Å²) >= 11 is 0. The minimum absolute atomic E-state index is 0. The number of hydrogen-bond acceptors (Lipinski definition) is 2. The van der Waals surface area contributed by atoms with E-state index in [1.54, 1.807) is 0 Å². The molecule has 0 amide bonds. The van der Waals surface area contributed by atoms with Crippen LogP contribution in [0.3, 0.4) is 0 Å². The smallest absolute Gasteiger partial charge is 0.192 e. The van der Waals surface area contributed by atoms with Gasteiger partial charge in [-0.05, 0) is 37.0 Å². The molecule has 2 N–H and O–H groups in total. The second-order valence-electron chi connectivity index (χ2n) is 5.42. The summed E-state index contributed by atoms with van der Waals surface area (Å²) in [5.41, 5.74) is 1.24. The predicted octanol–water partition coefficient (Wildman–Crippen LogP) is 3.07. The van der Waals surface area contributed by atoms with Crippen LogP contribution in [0.1, 0.15) is 26.3 Å². The van der Waals surface area contributed by atoms with Gasteiger partial charge >= 0.3 is 0 Å². The number of aliphatic imine (C=N–C) groups is 1.